The molecule has 0 radical (unpaired) electrons. The van der Waals surface area contributed by atoms with Crippen LogP contribution in [-0.2, 0) is 19.2 Å². The Labute approximate surface area is 171 Å². The maximum Gasteiger partial charge on any atom is 0.326 e. The highest BCUT2D eigenvalue weighted by Crippen LogP contribution is 2.09. The molecular weight excluding hydrogens is 380 g/mol. The van der Waals surface area contributed by atoms with Gasteiger partial charge in [-0.2, -0.15) is 0 Å². The van der Waals surface area contributed by atoms with Gasteiger partial charge in [0.1, 0.15) is 18.1 Å². The molecule has 1 heterocycles. The van der Waals surface area contributed by atoms with Crippen LogP contribution in [0.5, 0.6) is 0 Å². The van der Waals surface area contributed by atoms with E-state index in [9.17, 15) is 29.4 Å². The number of carbonyl (C=O) groups excluding carboxylic acids is 3. The van der Waals surface area contributed by atoms with Crippen LogP contribution in [-0.4, -0.2) is 70.7 Å². The summed E-state index contributed by atoms with van der Waals surface area (Å²) in [5.74, 6) is -3.59. The summed E-state index contributed by atoms with van der Waals surface area (Å²) < 4.78 is 0. The molecule has 0 aromatic carbocycles. The molecular formula is C19H34N4O6. The van der Waals surface area contributed by atoms with Crippen molar-refractivity contribution in [3.05, 3.63) is 0 Å². The summed E-state index contributed by atoms with van der Waals surface area (Å²) in [4.78, 5) is 49.0. The highest BCUT2D eigenvalue weighted by molar-refractivity contribution is 5.94. The van der Waals surface area contributed by atoms with Gasteiger partial charge in [0, 0.05) is 0 Å². The third-order valence-electron chi connectivity index (χ3n) is 4.92. The Morgan fingerprint density at radius 2 is 1.38 bits per heavy atom. The van der Waals surface area contributed by atoms with E-state index in [1.54, 1.807) is 27.7 Å². The number of carboxylic acids is 1. The minimum Gasteiger partial charge on any atom is -0.480 e. The fourth-order valence-electron chi connectivity index (χ4n) is 3.10. The van der Waals surface area contributed by atoms with Crippen molar-refractivity contribution in [2.24, 2.45) is 11.8 Å². The van der Waals surface area contributed by atoms with Crippen molar-refractivity contribution in [2.45, 2.75) is 77.7 Å². The van der Waals surface area contributed by atoms with E-state index in [0.717, 1.165) is 6.42 Å². The molecule has 10 heteroatoms. The number of hydrogen-bond acceptors (Lipinski definition) is 6. The van der Waals surface area contributed by atoms with Crippen molar-refractivity contribution in [3.63, 3.8) is 0 Å². The standard InChI is InChI=1S/C19H34N4O6/c1-9(2)13(17(26)22-14(10(3)4)19(28)29)21-18(27)15(11(5)24)23-16(25)12-7-6-8-20-12/h9-15,20,24H,6-8H2,1-5H3,(H,21,27)(H,22,26)(H,23,25)(H,28,29). The first-order valence-electron chi connectivity index (χ1n) is 10.0. The summed E-state index contributed by atoms with van der Waals surface area (Å²) in [5, 5.41) is 29.8. The summed E-state index contributed by atoms with van der Waals surface area (Å²) in [6.07, 6.45) is 0.307. The lowest BCUT2D eigenvalue weighted by Gasteiger charge is -2.28. The van der Waals surface area contributed by atoms with Crippen LogP contribution in [0.3, 0.4) is 0 Å². The highest BCUT2D eigenvalue weighted by atomic mass is 16.4. The monoisotopic (exact) mass is 414 g/mol. The summed E-state index contributed by atoms with van der Waals surface area (Å²) in [6.45, 7) is 8.81. The van der Waals surface area contributed by atoms with Gasteiger partial charge < -0.3 is 31.5 Å². The van der Waals surface area contributed by atoms with Gasteiger partial charge >= 0.3 is 5.97 Å². The lowest BCUT2D eigenvalue weighted by Crippen LogP contribution is -2.61. The third kappa shape index (κ3) is 7.28. The number of hydrogen-bond donors (Lipinski definition) is 6. The van der Waals surface area contributed by atoms with Gasteiger partial charge in [-0.25, -0.2) is 4.79 Å². The molecule has 5 atom stereocenters. The number of amides is 3. The van der Waals surface area contributed by atoms with Crippen molar-refractivity contribution in [2.75, 3.05) is 6.54 Å². The lowest BCUT2D eigenvalue weighted by molar-refractivity contribution is -0.144. The molecule has 5 unspecified atom stereocenters. The zero-order chi connectivity index (χ0) is 22.3. The molecule has 6 N–H and O–H groups in total. The molecule has 1 aliphatic heterocycles. The molecule has 0 aromatic heterocycles. The fourth-order valence-corrected chi connectivity index (χ4v) is 3.10. The van der Waals surface area contributed by atoms with Crippen molar-refractivity contribution in [1.82, 2.24) is 21.3 Å². The van der Waals surface area contributed by atoms with Gasteiger partial charge in [-0.15, -0.1) is 0 Å². The van der Waals surface area contributed by atoms with Crippen LogP contribution >= 0.6 is 0 Å². The highest BCUT2D eigenvalue weighted by Gasteiger charge is 2.34. The van der Waals surface area contributed by atoms with E-state index in [-0.39, 0.29) is 17.7 Å². The molecule has 1 saturated heterocycles. The largest absolute Gasteiger partial charge is 0.480 e. The molecule has 0 bridgehead atoms. The van der Waals surface area contributed by atoms with Crippen molar-refractivity contribution in [1.29, 1.82) is 0 Å². The van der Waals surface area contributed by atoms with E-state index in [1.165, 1.54) is 6.92 Å². The Morgan fingerprint density at radius 1 is 0.862 bits per heavy atom. The average molecular weight is 415 g/mol. The second kappa shape index (κ2) is 11.1. The molecule has 0 aromatic rings. The molecule has 0 spiro atoms. The van der Waals surface area contributed by atoms with Crippen LogP contribution in [0.2, 0.25) is 0 Å². The van der Waals surface area contributed by atoms with Crippen LogP contribution < -0.4 is 21.3 Å². The van der Waals surface area contributed by atoms with Gasteiger partial charge in [-0.05, 0) is 38.1 Å². The Morgan fingerprint density at radius 3 is 1.79 bits per heavy atom. The summed E-state index contributed by atoms with van der Waals surface area (Å²) >= 11 is 0. The Hall–Kier alpha value is -2.20. The van der Waals surface area contributed by atoms with Gasteiger partial charge in [0.05, 0.1) is 12.1 Å². The van der Waals surface area contributed by atoms with E-state index in [1.807, 2.05) is 0 Å². The summed E-state index contributed by atoms with van der Waals surface area (Å²) in [7, 11) is 0. The fraction of sp³-hybridized carbons (Fsp3) is 0.789. The quantitative estimate of drug-likeness (QED) is 0.267. The van der Waals surface area contributed by atoms with E-state index in [0.29, 0.717) is 13.0 Å². The molecule has 1 rings (SSSR count). The minimum absolute atomic E-state index is 0.344. The number of aliphatic hydroxyl groups excluding tert-OH is 1. The molecule has 10 nitrogen and oxygen atoms in total. The van der Waals surface area contributed by atoms with E-state index < -0.39 is 48.1 Å². The first-order valence-corrected chi connectivity index (χ1v) is 10.0. The van der Waals surface area contributed by atoms with Crippen molar-refractivity contribution >= 4 is 23.7 Å². The Balaban J connectivity index is 2.85. The van der Waals surface area contributed by atoms with Crippen LogP contribution in [0.1, 0.15) is 47.5 Å². The number of nitrogens with one attached hydrogen (secondary N) is 4. The molecule has 1 fully saturated rings. The van der Waals surface area contributed by atoms with E-state index in [4.69, 9.17) is 0 Å². The minimum atomic E-state index is -1.24. The zero-order valence-electron chi connectivity index (χ0n) is 17.7. The second-order valence-electron chi connectivity index (χ2n) is 8.17. The number of aliphatic hydroxyl groups is 1. The molecule has 166 valence electrons. The molecule has 3 amide bonds. The SMILES string of the molecule is CC(C)C(NC(=O)C(NC(=O)C(NC(=O)C1CCCN1)C(C)O)C(C)C)C(=O)O. The van der Waals surface area contributed by atoms with Crippen LogP contribution in [0.4, 0.5) is 0 Å². The lowest BCUT2D eigenvalue weighted by atomic mass is 9.99. The summed E-state index contributed by atoms with van der Waals surface area (Å²) in [5.41, 5.74) is 0. The van der Waals surface area contributed by atoms with Crippen molar-refractivity contribution < 1.29 is 29.4 Å². The maximum absolute atomic E-state index is 12.7. The smallest absolute Gasteiger partial charge is 0.326 e. The molecule has 29 heavy (non-hydrogen) atoms. The van der Waals surface area contributed by atoms with Gasteiger partial charge in [-0.3, -0.25) is 14.4 Å². The predicted octanol–water partition coefficient (Wildman–Crippen LogP) is -1.03. The van der Waals surface area contributed by atoms with Gasteiger partial charge in [-0.1, -0.05) is 27.7 Å². The van der Waals surface area contributed by atoms with Gasteiger partial charge in [0.2, 0.25) is 17.7 Å². The Kier molecular flexibility index (Phi) is 9.51. The van der Waals surface area contributed by atoms with E-state index >= 15 is 0 Å². The first kappa shape index (κ1) is 24.8. The van der Waals surface area contributed by atoms with Crippen LogP contribution in [0.15, 0.2) is 0 Å². The Bertz CT molecular complexity index is 602. The maximum atomic E-state index is 12.7. The number of carbonyl (C=O) groups is 4. The van der Waals surface area contributed by atoms with Crippen LogP contribution in [0.25, 0.3) is 0 Å². The number of aliphatic carboxylic acids is 1. The van der Waals surface area contributed by atoms with Crippen molar-refractivity contribution in [3.8, 4) is 0 Å². The molecule has 1 aliphatic rings. The number of rotatable bonds is 10. The topological polar surface area (TPSA) is 157 Å². The second-order valence-corrected chi connectivity index (χ2v) is 8.17. The van der Waals surface area contributed by atoms with Gasteiger partial charge in [0.25, 0.3) is 0 Å². The number of carboxylic acid groups (broad SMARTS) is 1. The molecule has 0 aliphatic carbocycles. The third-order valence-corrected chi connectivity index (χ3v) is 4.92. The molecule has 0 saturated carbocycles. The van der Waals surface area contributed by atoms with E-state index in [2.05, 4.69) is 21.3 Å². The normalized spacial score (nSPS) is 20.6. The van der Waals surface area contributed by atoms with Crippen LogP contribution in [0, 0.1) is 11.8 Å². The summed E-state index contributed by atoms with van der Waals surface area (Å²) in [6, 6.07) is -3.78. The average Bonchev–Trinajstić information content (AvgIpc) is 3.15. The zero-order valence-corrected chi connectivity index (χ0v) is 17.7. The predicted molar refractivity (Wildman–Crippen MR) is 106 cm³/mol. The van der Waals surface area contributed by atoms with Gasteiger partial charge in [0.15, 0.2) is 0 Å². The first-order chi connectivity index (χ1) is 13.5.